The van der Waals surface area contributed by atoms with E-state index in [1.54, 1.807) is 43.9 Å². The highest BCUT2D eigenvalue weighted by atomic mass is 32.1. The molecular weight excluding hydrogens is 372 g/mol. The summed E-state index contributed by atoms with van der Waals surface area (Å²) in [5.74, 6) is -1.17. The predicted octanol–water partition coefficient (Wildman–Crippen LogP) is 3.82. The number of nitrogens with one attached hydrogen (secondary N) is 1. The number of nitrogens with zero attached hydrogens (tertiary/aromatic N) is 3. The van der Waals surface area contributed by atoms with E-state index in [1.807, 2.05) is 5.32 Å². The summed E-state index contributed by atoms with van der Waals surface area (Å²) < 4.78 is 29.7. The van der Waals surface area contributed by atoms with Gasteiger partial charge in [-0.1, -0.05) is 6.07 Å². The van der Waals surface area contributed by atoms with Crippen LogP contribution >= 0.6 is 12.2 Å². The first-order chi connectivity index (χ1) is 14.8. The summed E-state index contributed by atoms with van der Waals surface area (Å²) in [6, 6.07) is 9.02. The summed E-state index contributed by atoms with van der Waals surface area (Å²) in [4.78, 5) is 31.8. The summed E-state index contributed by atoms with van der Waals surface area (Å²) in [5.41, 5.74) is 0.940. The number of aryl methyl sites for hydroxylation is 1. The van der Waals surface area contributed by atoms with E-state index in [4.69, 9.17) is 24.3 Å². The molecule has 2 aromatic carbocycles. The zero-order valence-electron chi connectivity index (χ0n) is 19.5. The second-order valence-electron chi connectivity index (χ2n) is 6.81. The smallest absolute Gasteiger partial charge is 0.259 e. The lowest BCUT2D eigenvalue weighted by Gasteiger charge is -2.29. The van der Waals surface area contributed by atoms with Crippen LogP contribution in [-0.2, 0) is 4.79 Å². The molecule has 0 unspecified atom stereocenters. The fourth-order valence-electron chi connectivity index (χ4n) is 3.12. The van der Waals surface area contributed by atoms with Crippen molar-refractivity contribution in [2.75, 3.05) is 16.8 Å². The summed E-state index contributed by atoms with van der Waals surface area (Å²) in [5, 5.41) is 2.05. The molecule has 1 fully saturated rings. The zero-order valence-corrected chi connectivity index (χ0v) is 16.3. The van der Waals surface area contributed by atoms with Crippen LogP contribution in [-0.4, -0.2) is 29.4 Å². The molecular formula is C21H20N4O2S. The molecule has 0 bridgehead atoms. The first-order valence-corrected chi connectivity index (χ1v) is 8.79. The van der Waals surface area contributed by atoms with Gasteiger partial charge in [0.15, 0.2) is 10.8 Å². The number of anilines is 2. The van der Waals surface area contributed by atoms with Crippen molar-refractivity contribution in [3.8, 4) is 0 Å². The van der Waals surface area contributed by atoms with Crippen molar-refractivity contribution in [3.63, 3.8) is 0 Å². The Morgan fingerprint density at radius 1 is 1.29 bits per heavy atom. The summed E-state index contributed by atoms with van der Waals surface area (Å²) in [6.45, 7) is 9.69. The van der Waals surface area contributed by atoms with Crippen LogP contribution in [0.3, 0.4) is 0 Å². The molecule has 0 spiro atoms. The fourth-order valence-corrected chi connectivity index (χ4v) is 3.65. The van der Waals surface area contributed by atoms with Crippen molar-refractivity contribution in [1.82, 2.24) is 5.32 Å². The minimum atomic E-state index is -2.67. The second kappa shape index (κ2) is 7.06. The van der Waals surface area contributed by atoms with E-state index in [1.165, 1.54) is 23.1 Å². The van der Waals surface area contributed by atoms with Gasteiger partial charge in [-0.05, 0) is 74.9 Å². The number of carbonyl (C=O) groups excluding carboxylic acids is 2. The second-order valence-corrected chi connectivity index (χ2v) is 7.18. The normalized spacial score (nSPS) is 18.1. The Morgan fingerprint density at radius 3 is 2.61 bits per heavy atom. The topological polar surface area (TPSA) is 57.0 Å². The van der Waals surface area contributed by atoms with Crippen molar-refractivity contribution >= 4 is 46.2 Å². The molecule has 1 N–H and O–H groups in total. The van der Waals surface area contributed by atoms with Crippen LogP contribution in [0.15, 0.2) is 42.4 Å². The number of thiocarbonyl (C=S) groups is 1. The molecule has 6 nitrogen and oxygen atoms in total. The molecule has 1 heterocycles. The van der Waals surface area contributed by atoms with E-state index in [0.717, 1.165) is 0 Å². The highest BCUT2D eigenvalue weighted by Crippen LogP contribution is 2.37. The van der Waals surface area contributed by atoms with Crippen molar-refractivity contribution < 1.29 is 15.1 Å². The minimum Gasteiger partial charge on any atom is -0.355 e. The first kappa shape index (κ1) is 14.8. The van der Waals surface area contributed by atoms with Crippen molar-refractivity contribution in [2.45, 2.75) is 26.3 Å². The van der Waals surface area contributed by atoms with Crippen LogP contribution < -0.4 is 15.1 Å². The lowest BCUT2D eigenvalue weighted by atomic mass is 10.0. The van der Waals surface area contributed by atoms with Crippen LogP contribution in [0.2, 0.25) is 0 Å². The third-order valence-electron chi connectivity index (χ3n) is 4.64. The number of benzene rings is 2. The monoisotopic (exact) mass is 396 g/mol. The maximum absolute atomic E-state index is 13.3. The van der Waals surface area contributed by atoms with Gasteiger partial charge in [0.25, 0.3) is 11.8 Å². The van der Waals surface area contributed by atoms with E-state index < -0.39 is 18.4 Å². The SMILES string of the molecule is [2H]c1cc(N2C(=S)N(c3ccc([N+]#[C-])c(C)c3)C(=O)C2(C)C)ccc1C(=O)NC([2H])([2H])[2H]. The maximum Gasteiger partial charge on any atom is 0.259 e. The van der Waals surface area contributed by atoms with Crippen LogP contribution in [0.5, 0.6) is 0 Å². The summed E-state index contributed by atoms with van der Waals surface area (Å²) in [7, 11) is 0. The van der Waals surface area contributed by atoms with Gasteiger partial charge in [0.05, 0.1) is 7.94 Å². The van der Waals surface area contributed by atoms with Crippen LogP contribution in [0.4, 0.5) is 17.1 Å². The van der Waals surface area contributed by atoms with Crippen molar-refractivity contribution in [2.24, 2.45) is 0 Å². The molecule has 0 aromatic heterocycles. The van der Waals surface area contributed by atoms with Gasteiger partial charge < -0.3 is 10.2 Å². The van der Waals surface area contributed by atoms with Gasteiger partial charge in [-0.3, -0.25) is 14.5 Å². The summed E-state index contributed by atoms with van der Waals surface area (Å²) >= 11 is 5.61. The molecule has 2 aromatic rings. The van der Waals surface area contributed by atoms with E-state index in [2.05, 4.69) is 4.85 Å². The molecule has 1 saturated heterocycles. The number of carbonyl (C=O) groups is 2. The van der Waals surface area contributed by atoms with Gasteiger partial charge in [-0.2, -0.15) is 0 Å². The molecule has 0 atom stereocenters. The standard InChI is InChI=1S/C21H20N4O2S/c1-13-12-16(10-11-17(13)22-4)24-19(27)21(2,3)25(20(24)28)15-8-6-14(7-9-15)18(26)23-5/h6-12H,1-3,5H3,(H,23,26)/i5D3,6D. The van der Waals surface area contributed by atoms with Gasteiger partial charge in [0.2, 0.25) is 0 Å². The lowest BCUT2D eigenvalue weighted by Crippen LogP contribution is -2.44. The van der Waals surface area contributed by atoms with Crippen molar-refractivity contribution in [3.05, 3.63) is 65.0 Å². The fraction of sp³-hybridized carbons (Fsp3) is 0.238. The Morgan fingerprint density at radius 2 is 2.00 bits per heavy atom. The Kier molecular flexibility index (Phi) is 3.72. The average molecular weight is 397 g/mol. The molecule has 28 heavy (non-hydrogen) atoms. The molecule has 2 amide bonds. The Balaban J connectivity index is 2.00. The van der Waals surface area contributed by atoms with Gasteiger partial charge in [0, 0.05) is 28.0 Å². The number of hydrogen-bond acceptors (Lipinski definition) is 3. The Bertz CT molecular complexity index is 1190. The van der Waals surface area contributed by atoms with Gasteiger partial charge in [-0.15, -0.1) is 0 Å². The molecule has 0 saturated carbocycles. The van der Waals surface area contributed by atoms with Crippen LogP contribution in [0.25, 0.3) is 4.85 Å². The van der Waals surface area contributed by atoms with Gasteiger partial charge in [0.1, 0.15) is 5.54 Å². The highest BCUT2D eigenvalue weighted by Gasteiger charge is 2.50. The largest absolute Gasteiger partial charge is 0.355 e. The molecule has 0 aliphatic carbocycles. The zero-order chi connectivity index (χ0) is 24.0. The third kappa shape index (κ3) is 3.02. The number of amides is 2. The average Bonchev–Trinajstić information content (AvgIpc) is 2.84. The van der Waals surface area contributed by atoms with E-state index in [-0.39, 0.29) is 22.6 Å². The van der Waals surface area contributed by atoms with Gasteiger partial charge >= 0.3 is 0 Å². The lowest BCUT2D eigenvalue weighted by molar-refractivity contribution is -0.120. The molecule has 1 aliphatic heterocycles. The van der Waals surface area contributed by atoms with Crippen molar-refractivity contribution in [1.29, 1.82) is 0 Å². The molecule has 0 radical (unpaired) electrons. The first-order valence-electron chi connectivity index (χ1n) is 10.4. The van der Waals surface area contributed by atoms with Crippen LogP contribution in [0, 0.1) is 13.5 Å². The highest BCUT2D eigenvalue weighted by molar-refractivity contribution is 7.81. The molecule has 3 rings (SSSR count). The molecule has 7 heteroatoms. The predicted molar refractivity (Wildman–Crippen MR) is 114 cm³/mol. The Hall–Kier alpha value is -3.24. The summed E-state index contributed by atoms with van der Waals surface area (Å²) in [6.07, 6.45) is 0. The van der Waals surface area contributed by atoms with E-state index in [0.29, 0.717) is 22.6 Å². The quantitative estimate of drug-likeness (QED) is 0.633. The maximum atomic E-state index is 13.3. The molecule has 1 aliphatic rings. The van der Waals surface area contributed by atoms with Crippen LogP contribution in [0.1, 0.15) is 35.3 Å². The third-order valence-corrected chi connectivity index (χ3v) is 5.00. The molecule has 142 valence electrons. The number of rotatable bonds is 3. The van der Waals surface area contributed by atoms with E-state index in [9.17, 15) is 9.59 Å². The van der Waals surface area contributed by atoms with Gasteiger partial charge in [-0.25, -0.2) is 4.85 Å². The minimum absolute atomic E-state index is 0.110. The van der Waals surface area contributed by atoms with E-state index >= 15 is 0 Å². The number of hydrogen-bond donors (Lipinski definition) is 1. The Labute approximate surface area is 175 Å².